The molecule has 0 aliphatic heterocycles. The van der Waals surface area contributed by atoms with Gasteiger partial charge in [0.2, 0.25) is 0 Å². The average molecular weight is 525 g/mol. The van der Waals surface area contributed by atoms with Crippen molar-refractivity contribution in [2.75, 3.05) is 46.7 Å². The Balaban J connectivity index is 3.37. The first-order valence-electron chi connectivity index (χ1n) is 14.2. The quantitative estimate of drug-likeness (QED) is 0.0697. The molecule has 0 aromatic heterocycles. The number of phosphoric acid groups is 1. The summed E-state index contributed by atoms with van der Waals surface area (Å²) < 4.78 is 22.8. The van der Waals surface area contributed by atoms with Gasteiger partial charge in [-0.3, -0.25) is 9.05 Å². The van der Waals surface area contributed by atoms with Gasteiger partial charge in [0.1, 0.15) is 13.2 Å². The summed E-state index contributed by atoms with van der Waals surface area (Å²) in [4.78, 5) is 9.75. The maximum absolute atomic E-state index is 11.9. The van der Waals surface area contributed by atoms with Crippen molar-refractivity contribution >= 4 is 19.6 Å². The molecule has 7 heteroatoms. The molecule has 206 valence electrons. The first-order chi connectivity index (χ1) is 16.2. The minimum atomic E-state index is -3.92. The molecular weight excluding hydrogens is 465 g/mol. The third-order valence-electron chi connectivity index (χ3n) is 6.20. The van der Waals surface area contributed by atoms with Crippen LogP contribution in [0.5, 0.6) is 0 Å². The number of quaternary nitrogens is 1. The molecule has 1 N–H and O–H groups in total. The van der Waals surface area contributed by atoms with Crippen molar-refractivity contribution in [2.45, 2.75) is 128 Å². The fraction of sp³-hybridized carbons (Fsp3) is 1.00. The van der Waals surface area contributed by atoms with E-state index in [0.29, 0.717) is 16.3 Å². The van der Waals surface area contributed by atoms with E-state index >= 15 is 0 Å². The molecule has 0 aliphatic carbocycles. The molecule has 0 rings (SSSR count). The van der Waals surface area contributed by atoms with Crippen molar-refractivity contribution in [1.29, 1.82) is 0 Å². The van der Waals surface area contributed by atoms with Crippen LogP contribution in [-0.4, -0.2) is 61.3 Å². The van der Waals surface area contributed by atoms with Crippen molar-refractivity contribution in [3.05, 3.63) is 0 Å². The van der Waals surface area contributed by atoms with Crippen molar-refractivity contribution in [3.8, 4) is 0 Å². The van der Waals surface area contributed by atoms with Gasteiger partial charge in [-0.2, -0.15) is 11.8 Å². The minimum Gasteiger partial charge on any atom is -0.329 e. The van der Waals surface area contributed by atoms with Gasteiger partial charge in [0.25, 0.3) is 0 Å². The van der Waals surface area contributed by atoms with Crippen LogP contribution >= 0.6 is 19.6 Å². The number of hydrogen-bond acceptors (Lipinski definition) is 4. The summed E-state index contributed by atoms with van der Waals surface area (Å²) in [5, 5.41) is 0.433. The topological polar surface area (TPSA) is 55.8 Å². The highest BCUT2D eigenvalue weighted by molar-refractivity contribution is 7.99. The van der Waals surface area contributed by atoms with Gasteiger partial charge in [0.15, 0.2) is 0 Å². The third kappa shape index (κ3) is 27.0. The summed E-state index contributed by atoms with van der Waals surface area (Å²) in [6.45, 7) is 5.61. The van der Waals surface area contributed by atoms with Gasteiger partial charge in [-0.15, -0.1) is 0 Å². The summed E-state index contributed by atoms with van der Waals surface area (Å²) >= 11 is 1.94. The Morgan fingerprint density at radius 1 is 0.735 bits per heavy atom. The highest BCUT2D eigenvalue weighted by Crippen LogP contribution is 2.43. The van der Waals surface area contributed by atoms with Gasteiger partial charge < -0.3 is 9.38 Å². The Bertz CT molecular complexity index is 488. The van der Waals surface area contributed by atoms with E-state index in [1.54, 1.807) is 0 Å². The number of likely N-dealkylation sites (N-methyl/N-ethyl adjacent to an activating group) is 1. The van der Waals surface area contributed by atoms with Crippen molar-refractivity contribution < 1.29 is 23.0 Å². The normalized spacial score (nSPS) is 14.9. The van der Waals surface area contributed by atoms with E-state index in [1.165, 1.54) is 103 Å². The van der Waals surface area contributed by atoms with Crippen molar-refractivity contribution in [2.24, 2.45) is 0 Å². The van der Waals surface area contributed by atoms with Crippen molar-refractivity contribution in [1.82, 2.24) is 0 Å². The number of unbranched alkanes of at least 4 members (excludes halogenated alkanes) is 15. The van der Waals surface area contributed by atoms with Crippen LogP contribution in [0.25, 0.3) is 0 Å². The SMILES string of the molecule is CCCCCCCCCCCCCCCCCCSC(C)CCOP(=O)(O)OCC[N+](C)(C)C. The van der Waals surface area contributed by atoms with Gasteiger partial charge >= 0.3 is 7.82 Å². The zero-order chi connectivity index (χ0) is 25.5. The summed E-state index contributed by atoms with van der Waals surface area (Å²) in [6.07, 6.45) is 23.2. The molecule has 2 unspecified atom stereocenters. The molecule has 0 fully saturated rings. The molecule has 2 atom stereocenters. The van der Waals surface area contributed by atoms with E-state index in [0.717, 1.165) is 12.2 Å². The zero-order valence-electron chi connectivity index (χ0n) is 23.4. The van der Waals surface area contributed by atoms with Crippen LogP contribution in [0.4, 0.5) is 0 Å². The number of rotatable bonds is 26. The summed E-state index contributed by atoms with van der Waals surface area (Å²) in [6, 6.07) is 0. The van der Waals surface area contributed by atoms with Crippen LogP contribution in [0.2, 0.25) is 0 Å². The molecular formula is C27H59NO4PS+. The first kappa shape index (κ1) is 34.4. The Hall–Kier alpha value is 0.420. The lowest BCUT2D eigenvalue weighted by atomic mass is 10.0. The molecule has 0 saturated carbocycles. The largest absolute Gasteiger partial charge is 0.472 e. The van der Waals surface area contributed by atoms with Crippen LogP contribution in [0.1, 0.15) is 123 Å². The number of thioether (sulfide) groups is 1. The predicted octanol–water partition coefficient (Wildman–Crippen LogP) is 8.60. The maximum atomic E-state index is 11.9. The minimum absolute atomic E-state index is 0.223. The highest BCUT2D eigenvalue weighted by atomic mass is 32.2. The second kappa shape index (κ2) is 22.6. The van der Waals surface area contributed by atoms with Crippen LogP contribution in [0.3, 0.4) is 0 Å². The molecule has 0 radical (unpaired) electrons. The molecule has 0 saturated heterocycles. The molecule has 0 spiro atoms. The van der Waals surface area contributed by atoms with E-state index in [9.17, 15) is 9.46 Å². The Morgan fingerprint density at radius 3 is 1.59 bits per heavy atom. The predicted molar refractivity (Wildman–Crippen MR) is 151 cm³/mol. The maximum Gasteiger partial charge on any atom is 0.472 e. The van der Waals surface area contributed by atoms with Crippen LogP contribution in [0, 0.1) is 0 Å². The monoisotopic (exact) mass is 524 g/mol. The summed E-state index contributed by atoms with van der Waals surface area (Å²) in [5.74, 6) is 1.16. The van der Waals surface area contributed by atoms with Gasteiger partial charge in [0.05, 0.1) is 27.7 Å². The van der Waals surface area contributed by atoms with E-state index < -0.39 is 7.82 Å². The summed E-state index contributed by atoms with van der Waals surface area (Å²) in [5.41, 5.74) is 0. The molecule has 0 heterocycles. The lowest BCUT2D eigenvalue weighted by molar-refractivity contribution is -0.870. The Morgan fingerprint density at radius 2 is 1.15 bits per heavy atom. The second-order valence-corrected chi connectivity index (χ2v) is 13.9. The fourth-order valence-corrected chi connectivity index (χ4v) is 5.58. The molecule has 0 aliphatic rings. The number of phosphoric ester groups is 1. The third-order valence-corrected chi connectivity index (χ3v) is 8.54. The highest BCUT2D eigenvalue weighted by Gasteiger charge is 2.22. The number of hydrogen-bond donors (Lipinski definition) is 1. The van der Waals surface area contributed by atoms with Crippen LogP contribution in [0.15, 0.2) is 0 Å². The first-order valence-corrected chi connectivity index (χ1v) is 16.7. The zero-order valence-corrected chi connectivity index (χ0v) is 25.1. The lowest BCUT2D eigenvalue weighted by Crippen LogP contribution is -2.37. The molecule has 34 heavy (non-hydrogen) atoms. The van der Waals surface area contributed by atoms with Crippen molar-refractivity contribution in [3.63, 3.8) is 0 Å². The van der Waals surface area contributed by atoms with Gasteiger partial charge in [-0.25, -0.2) is 4.57 Å². The van der Waals surface area contributed by atoms with E-state index in [4.69, 9.17) is 9.05 Å². The Kier molecular flexibility index (Phi) is 22.9. The van der Waals surface area contributed by atoms with Gasteiger partial charge in [-0.05, 0) is 18.6 Å². The molecule has 0 aromatic rings. The smallest absolute Gasteiger partial charge is 0.329 e. The van der Waals surface area contributed by atoms with Gasteiger partial charge in [-0.1, -0.05) is 110 Å². The average Bonchev–Trinajstić information content (AvgIpc) is 2.74. The van der Waals surface area contributed by atoms with Crippen LogP contribution in [-0.2, 0) is 13.6 Å². The van der Waals surface area contributed by atoms with E-state index in [1.807, 2.05) is 32.9 Å². The lowest BCUT2D eigenvalue weighted by Gasteiger charge is -2.24. The molecule has 0 bridgehead atoms. The van der Waals surface area contributed by atoms with E-state index in [-0.39, 0.29) is 13.2 Å². The van der Waals surface area contributed by atoms with E-state index in [2.05, 4.69) is 13.8 Å². The second-order valence-electron chi connectivity index (χ2n) is 10.9. The van der Waals surface area contributed by atoms with Crippen LogP contribution < -0.4 is 0 Å². The standard InChI is InChI=1S/C27H58NO4PS/c1-6-7-8-9-10-11-12-13-14-15-16-17-18-19-20-21-26-34-27(2)22-24-31-33(29,30)32-25-23-28(3,4)5/h27H,6-26H2,1-5H3/p+1. The number of nitrogens with zero attached hydrogens (tertiary/aromatic N) is 1. The molecule has 0 amide bonds. The summed E-state index contributed by atoms with van der Waals surface area (Å²) in [7, 11) is 2.14. The fourth-order valence-electron chi connectivity index (χ4n) is 3.82. The molecule has 5 nitrogen and oxygen atoms in total. The van der Waals surface area contributed by atoms with Gasteiger partial charge in [0, 0.05) is 5.25 Å². The Labute approximate surface area is 217 Å². The molecule has 0 aromatic carbocycles.